The van der Waals surface area contributed by atoms with Crippen LogP contribution in [0.5, 0.6) is 0 Å². The maximum absolute atomic E-state index is 13.4. The Balaban J connectivity index is 1.69. The molecular weight excluding hydrogens is 392 g/mol. The Bertz CT molecular complexity index is 1240. The molecule has 4 aromatic rings. The Morgan fingerprint density at radius 1 is 1.10 bits per heavy atom. The molecule has 0 aliphatic rings. The maximum atomic E-state index is 13.4. The third-order valence-corrected chi connectivity index (χ3v) is 5.57. The lowest BCUT2D eigenvalue weighted by Gasteiger charge is -2.21. The fourth-order valence-corrected chi connectivity index (χ4v) is 4.02. The van der Waals surface area contributed by atoms with Crippen molar-refractivity contribution in [3.8, 4) is 0 Å². The van der Waals surface area contributed by atoms with Crippen LogP contribution in [0, 0.1) is 0 Å². The summed E-state index contributed by atoms with van der Waals surface area (Å²) in [6.07, 6.45) is 6.08. The fraction of sp³-hybridized carbons (Fsp3) is 0.375. The fourth-order valence-electron chi connectivity index (χ4n) is 4.02. The number of hydrogen-bond acceptors (Lipinski definition) is 4. The van der Waals surface area contributed by atoms with Crippen molar-refractivity contribution in [2.45, 2.75) is 52.7 Å². The molecule has 0 N–H and O–H groups in total. The van der Waals surface area contributed by atoms with Gasteiger partial charge in [-0.15, -0.1) is 0 Å². The number of carbonyl (C=O) groups excluding carboxylic acids is 1. The summed E-state index contributed by atoms with van der Waals surface area (Å²) < 4.78 is 8.76. The second-order valence-corrected chi connectivity index (χ2v) is 7.79. The standard InChI is InChI=1S/C24H28N4O3/c1-3-5-13-26(16-18-9-8-14-31-18)22(29)17-28-24(30)23-20(15-25-28)19-10-6-7-11-21(19)27(23)12-4-2/h6-11,14-15H,3-5,12-13,16-17H2,1-2H3. The second-order valence-electron chi connectivity index (χ2n) is 7.79. The van der Waals surface area contributed by atoms with E-state index in [9.17, 15) is 9.59 Å². The molecule has 0 saturated carbocycles. The SMILES string of the molecule is CCCCN(Cc1ccco1)C(=O)Cn1ncc2c3ccccc3n(CCC)c2c1=O. The maximum Gasteiger partial charge on any atom is 0.291 e. The highest BCUT2D eigenvalue weighted by Crippen LogP contribution is 2.26. The molecule has 1 amide bonds. The number of aromatic nitrogens is 3. The third kappa shape index (κ3) is 4.13. The minimum Gasteiger partial charge on any atom is -0.467 e. The van der Waals surface area contributed by atoms with E-state index in [4.69, 9.17) is 4.42 Å². The number of unbranched alkanes of at least 4 members (excludes halogenated alkanes) is 1. The Labute approximate surface area is 180 Å². The predicted molar refractivity (Wildman–Crippen MR) is 121 cm³/mol. The molecule has 1 aromatic carbocycles. The molecule has 162 valence electrons. The molecule has 31 heavy (non-hydrogen) atoms. The lowest BCUT2D eigenvalue weighted by atomic mass is 10.2. The molecular formula is C24H28N4O3. The number of furan rings is 1. The summed E-state index contributed by atoms with van der Waals surface area (Å²) in [7, 11) is 0. The molecule has 0 aliphatic carbocycles. The van der Waals surface area contributed by atoms with Gasteiger partial charge in [-0.2, -0.15) is 5.10 Å². The third-order valence-electron chi connectivity index (χ3n) is 5.57. The molecule has 0 saturated heterocycles. The summed E-state index contributed by atoms with van der Waals surface area (Å²) in [5, 5.41) is 6.19. The highest BCUT2D eigenvalue weighted by Gasteiger charge is 2.20. The summed E-state index contributed by atoms with van der Waals surface area (Å²) >= 11 is 0. The van der Waals surface area contributed by atoms with Gasteiger partial charge in [-0.05, 0) is 31.0 Å². The number of para-hydroxylation sites is 1. The Morgan fingerprint density at radius 3 is 2.68 bits per heavy atom. The number of carbonyl (C=O) groups is 1. The number of amides is 1. The van der Waals surface area contributed by atoms with Crippen LogP contribution in [0.2, 0.25) is 0 Å². The van der Waals surface area contributed by atoms with Crippen LogP contribution in [0.15, 0.2) is 58.1 Å². The number of benzene rings is 1. The first kappa shape index (κ1) is 20.9. The van der Waals surface area contributed by atoms with E-state index in [1.807, 2.05) is 41.0 Å². The summed E-state index contributed by atoms with van der Waals surface area (Å²) in [5.41, 5.74) is 1.39. The molecule has 0 fully saturated rings. The predicted octanol–water partition coefficient (Wildman–Crippen LogP) is 4.18. The number of hydrogen-bond donors (Lipinski definition) is 0. The number of nitrogens with zero attached hydrogens (tertiary/aromatic N) is 4. The zero-order valence-corrected chi connectivity index (χ0v) is 18.1. The van der Waals surface area contributed by atoms with Gasteiger partial charge < -0.3 is 13.9 Å². The molecule has 7 nitrogen and oxygen atoms in total. The van der Waals surface area contributed by atoms with Crippen molar-refractivity contribution in [3.05, 3.63) is 65.0 Å². The largest absolute Gasteiger partial charge is 0.467 e. The van der Waals surface area contributed by atoms with E-state index in [0.717, 1.165) is 47.9 Å². The van der Waals surface area contributed by atoms with Gasteiger partial charge in [-0.3, -0.25) is 9.59 Å². The minimum absolute atomic E-state index is 0.0904. The molecule has 0 spiro atoms. The normalized spacial score (nSPS) is 11.4. The van der Waals surface area contributed by atoms with E-state index in [1.165, 1.54) is 4.68 Å². The van der Waals surface area contributed by atoms with Crippen LogP contribution in [0.1, 0.15) is 38.9 Å². The highest BCUT2D eigenvalue weighted by molar-refractivity contribution is 6.07. The molecule has 3 heterocycles. The van der Waals surface area contributed by atoms with Gasteiger partial charge in [0.15, 0.2) is 0 Å². The number of aryl methyl sites for hydroxylation is 1. The lowest BCUT2D eigenvalue weighted by molar-refractivity contribution is -0.133. The minimum atomic E-state index is -0.232. The van der Waals surface area contributed by atoms with E-state index in [2.05, 4.69) is 18.9 Å². The van der Waals surface area contributed by atoms with Crippen molar-refractivity contribution in [2.75, 3.05) is 6.54 Å². The summed E-state index contributed by atoms with van der Waals surface area (Å²) in [6.45, 7) is 5.82. The quantitative estimate of drug-likeness (QED) is 0.407. The Morgan fingerprint density at radius 2 is 1.94 bits per heavy atom. The van der Waals surface area contributed by atoms with Crippen molar-refractivity contribution in [2.24, 2.45) is 0 Å². The van der Waals surface area contributed by atoms with Crippen LogP contribution in [0.3, 0.4) is 0 Å². The molecule has 7 heteroatoms. The van der Waals surface area contributed by atoms with Crippen LogP contribution in [-0.4, -0.2) is 31.7 Å². The Kier molecular flexibility index (Phi) is 6.21. The monoisotopic (exact) mass is 420 g/mol. The molecule has 0 bridgehead atoms. The number of rotatable bonds is 9. The van der Waals surface area contributed by atoms with E-state index in [-0.39, 0.29) is 18.0 Å². The molecule has 0 aliphatic heterocycles. The lowest BCUT2D eigenvalue weighted by Crippen LogP contribution is -2.37. The van der Waals surface area contributed by atoms with E-state index < -0.39 is 0 Å². The molecule has 3 aromatic heterocycles. The van der Waals surface area contributed by atoms with Gasteiger partial charge in [-0.1, -0.05) is 38.5 Å². The second kappa shape index (κ2) is 9.20. The van der Waals surface area contributed by atoms with Crippen molar-refractivity contribution < 1.29 is 9.21 Å². The molecule has 0 atom stereocenters. The van der Waals surface area contributed by atoms with Crippen LogP contribution >= 0.6 is 0 Å². The van der Waals surface area contributed by atoms with Crippen molar-refractivity contribution in [1.29, 1.82) is 0 Å². The van der Waals surface area contributed by atoms with Gasteiger partial charge >= 0.3 is 0 Å². The zero-order chi connectivity index (χ0) is 21.8. The van der Waals surface area contributed by atoms with Gasteiger partial charge in [0.1, 0.15) is 17.8 Å². The average molecular weight is 421 g/mol. The first-order valence-corrected chi connectivity index (χ1v) is 10.9. The first-order valence-electron chi connectivity index (χ1n) is 10.9. The van der Waals surface area contributed by atoms with Crippen LogP contribution in [0.4, 0.5) is 0 Å². The van der Waals surface area contributed by atoms with Crippen molar-refractivity contribution >= 4 is 27.7 Å². The summed E-state index contributed by atoms with van der Waals surface area (Å²) in [6, 6.07) is 11.6. The van der Waals surface area contributed by atoms with Gasteiger partial charge in [0, 0.05) is 29.4 Å². The Hall–Kier alpha value is -3.35. The highest BCUT2D eigenvalue weighted by atomic mass is 16.3. The smallest absolute Gasteiger partial charge is 0.291 e. The molecule has 4 rings (SSSR count). The van der Waals surface area contributed by atoms with Crippen LogP contribution in [0.25, 0.3) is 21.8 Å². The first-order chi connectivity index (χ1) is 15.1. The zero-order valence-electron chi connectivity index (χ0n) is 18.1. The summed E-state index contributed by atoms with van der Waals surface area (Å²) in [5.74, 6) is 0.584. The molecule has 0 unspecified atom stereocenters. The van der Waals surface area contributed by atoms with Crippen LogP contribution < -0.4 is 5.56 Å². The number of fused-ring (bicyclic) bond motifs is 3. The van der Waals surface area contributed by atoms with Gasteiger partial charge in [0.2, 0.25) is 5.91 Å². The van der Waals surface area contributed by atoms with E-state index >= 15 is 0 Å². The van der Waals surface area contributed by atoms with E-state index in [1.54, 1.807) is 17.4 Å². The van der Waals surface area contributed by atoms with E-state index in [0.29, 0.717) is 18.6 Å². The topological polar surface area (TPSA) is 73.3 Å². The van der Waals surface area contributed by atoms with Crippen molar-refractivity contribution in [3.63, 3.8) is 0 Å². The molecule has 0 radical (unpaired) electrons. The average Bonchev–Trinajstić information content (AvgIpc) is 3.40. The van der Waals surface area contributed by atoms with Gasteiger partial charge in [0.25, 0.3) is 5.56 Å². The van der Waals surface area contributed by atoms with Crippen molar-refractivity contribution in [1.82, 2.24) is 19.2 Å². The van der Waals surface area contributed by atoms with Crippen LogP contribution in [-0.2, 0) is 24.4 Å². The van der Waals surface area contributed by atoms with Gasteiger partial charge in [-0.25, -0.2) is 4.68 Å². The summed E-state index contributed by atoms with van der Waals surface area (Å²) in [4.78, 5) is 28.2. The van der Waals surface area contributed by atoms with Gasteiger partial charge in [0.05, 0.1) is 19.0 Å².